The fraction of sp³-hybridized carbons (Fsp3) is 0.222. The zero-order valence-electron chi connectivity index (χ0n) is 16.4. The fourth-order valence-electron chi connectivity index (χ4n) is 4.89. The molecule has 0 bridgehead atoms. The molecule has 1 aliphatic carbocycles. The van der Waals surface area contributed by atoms with Gasteiger partial charge in [0.05, 0.1) is 5.41 Å². The van der Waals surface area contributed by atoms with Gasteiger partial charge in [0.1, 0.15) is 17.6 Å². The van der Waals surface area contributed by atoms with Gasteiger partial charge in [0.2, 0.25) is 0 Å². The van der Waals surface area contributed by atoms with Crippen molar-refractivity contribution in [1.29, 1.82) is 0 Å². The molecule has 0 aromatic heterocycles. The van der Waals surface area contributed by atoms with Gasteiger partial charge in [0.25, 0.3) is 0 Å². The highest BCUT2D eigenvalue weighted by molar-refractivity contribution is 5.93. The van der Waals surface area contributed by atoms with E-state index in [2.05, 4.69) is 48.5 Å². The van der Waals surface area contributed by atoms with E-state index in [0.717, 1.165) is 47.3 Å². The number of benzene rings is 3. The number of rotatable bonds is 3. The first-order valence-corrected chi connectivity index (χ1v) is 10.4. The molecule has 2 atom stereocenters. The van der Waals surface area contributed by atoms with Crippen molar-refractivity contribution >= 4 is 17.6 Å². The summed E-state index contributed by atoms with van der Waals surface area (Å²) in [6.07, 6.45) is 5.20. The zero-order chi connectivity index (χ0) is 19.7. The number of carbonyl (C=O) groups excluding carboxylic acids is 1. The zero-order valence-corrected chi connectivity index (χ0v) is 16.4. The molecule has 5 rings (SSSR count). The van der Waals surface area contributed by atoms with Gasteiger partial charge in [0.15, 0.2) is 0 Å². The van der Waals surface area contributed by atoms with Crippen LogP contribution in [0.25, 0.3) is 11.8 Å². The minimum atomic E-state index is -0.649. The molecule has 144 valence electrons. The Labute approximate surface area is 171 Å². The van der Waals surface area contributed by atoms with E-state index in [0.29, 0.717) is 12.2 Å². The number of carbonyl (C=O) groups is 1. The lowest BCUT2D eigenvalue weighted by atomic mass is 9.62. The smallest absolute Gasteiger partial charge is 0.147 e. The quantitative estimate of drug-likeness (QED) is 0.530. The van der Waals surface area contributed by atoms with Crippen LogP contribution in [0.2, 0.25) is 0 Å². The highest BCUT2D eigenvalue weighted by Gasteiger charge is 2.51. The van der Waals surface area contributed by atoms with Crippen LogP contribution in [0, 0.1) is 0 Å². The van der Waals surface area contributed by atoms with Gasteiger partial charge in [-0.2, -0.15) is 0 Å². The molecule has 3 aromatic carbocycles. The van der Waals surface area contributed by atoms with Gasteiger partial charge in [-0.25, -0.2) is 0 Å². The van der Waals surface area contributed by atoms with Gasteiger partial charge in [-0.3, -0.25) is 4.79 Å². The van der Waals surface area contributed by atoms with Crippen LogP contribution in [-0.4, -0.2) is 5.78 Å². The van der Waals surface area contributed by atoms with Crippen LogP contribution in [-0.2, 0) is 14.9 Å². The number of fused-ring (bicyclic) bond motifs is 1. The molecular formula is C27H24O2. The minimum Gasteiger partial charge on any atom is -0.484 e. The molecule has 0 saturated heterocycles. The number of hydrogen-bond donors (Lipinski definition) is 0. The molecule has 3 aromatic rings. The van der Waals surface area contributed by atoms with E-state index in [9.17, 15) is 4.79 Å². The second-order valence-electron chi connectivity index (χ2n) is 7.97. The van der Waals surface area contributed by atoms with Crippen LogP contribution >= 0.6 is 0 Å². The highest BCUT2D eigenvalue weighted by atomic mass is 16.5. The van der Waals surface area contributed by atoms with Gasteiger partial charge in [0, 0.05) is 17.5 Å². The predicted octanol–water partition coefficient (Wildman–Crippen LogP) is 6.34. The Morgan fingerprint density at radius 3 is 2.24 bits per heavy atom. The number of ether oxygens (including phenoxy) is 1. The van der Waals surface area contributed by atoms with Crippen LogP contribution in [0.15, 0.2) is 84.9 Å². The molecule has 29 heavy (non-hydrogen) atoms. The molecular weight excluding hydrogens is 356 g/mol. The second-order valence-corrected chi connectivity index (χ2v) is 7.97. The summed E-state index contributed by atoms with van der Waals surface area (Å²) in [4.78, 5) is 13.6. The molecule has 0 amide bonds. The lowest BCUT2D eigenvalue weighted by Crippen LogP contribution is -2.45. The van der Waals surface area contributed by atoms with E-state index in [4.69, 9.17) is 4.74 Å². The summed E-state index contributed by atoms with van der Waals surface area (Å²) in [5, 5.41) is 0. The third-order valence-corrected chi connectivity index (χ3v) is 6.33. The van der Waals surface area contributed by atoms with E-state index < -0.39 is 5.41 Å². The lowest BCUT2D eigenvalue weighted by Gasteiger charge is -2.44. The largest absolute Gasteiger partial charge is 0.484 e. The Bertz CT molecular complexity index is 1050. The predicted molar refractivity (Wildman–Crippen MR) is 116 cm³/mol. The molecule has 2 aliphatic rings. The molecule has 2 nitrogen and oxygen atoms in total. The Kier molecular flexibility index (Phi) is 4.55. The maximum absolute atomic E-state index is 13.6. The van der Waals surface area contributed by atoms with Crippen LogP contribution in [0.4, 0.5) is 0 Å². The Morgan fingerprint density at radius 1 is 0.793 bits per heavy atom. The van der Waals surface area contributed by atoms with Crippen LogP contribution < -0.4 is 0 Å². The Hall–Kier alpha value is -3.13. The third kappa shape index (κ3) is 3.00. The molecule has 0 N–H and O–H groups in total. The molecule has 0 radical (unpaired) electrons. The van der Waals surface area contributed by atoms with Crippen molar-refractivity contribution in [2.24, 2.45) is 0 Å². The molecule has 1 saturated carbocycles. The van der Waals surface area contributed by atoms with Crippen LogP contribution in [0.3, 0.4) is 0 Å². The molecule has 1 aliphatic heterocycles. The van der Waals surface area contributed by atoms with Gasteiger partial charge in [-0.15, -0.1) is 0 Å². The molecule has 0 spiro atoms. The van der Waals surface area contributed by atoms with Crippen molar-refractivity contribution in [3.8, 4) is 0 Å². The molecule has 1 heterocycles. The van der Waals surface area contributed by atoms with Crippen LogP contribution in [0.5, 0.6) is 0 Å². The summed E-state index contributed by atoms with van der Waals surface area (Å²) >= 11 is 0. The summed E-state index contributed by atoms with van der Waals surface area (Å²) in [5.74, 6) is 1.13. The van der Waals surface area contributed by atoms with Crippen LogP contribution in [0.1, 0.15) is 54.0 Å². The minimum absolute atomic E-state index is 0.295. The normalized spacial score (nSPS) is 23.7. The van der Waals surface area contributed by atoms with Gasteiger partial charge >= 0.3 is 0 Å². The van der Waals surface area contributed by atoms with Gasteiger partial charge in [-0.1, -0.05) is 91.3 Å². The second kappa shape index (κ2) is 7.36. The lowest BCUT2D eigenvalue weighted by molar-refractivity contribution is -0.132. The van der Waals surface area contributed by atoms with Crippen molar-refractivity contribution in [2.45, 2.75) is 37.2 Å². The van der Waals surface area contributed by atoms with E-state index in [1.165, 1.54) is 0 Å². The fourth-order valence-corrected chi connectivity index (χ4v) is 4.89. The topological polar surface area (TPSA) is 26.3 Å². The van der Waals surface area contributed by atoms with Gasteiger partial charge < -0.3 is 4.74 Å². The number of ketones is 1. The number of Topliss-reactive ketones (excluding diaryl/α,β-unsaturated/α-hetero) is 1. The Morgan fingerprint density at radius 2 is 1.48 bits per heavy atom. The van der Waals surface area contributed by atoms with Gasteiger partial charge in [-0.05, 0) is 30.0 Å². The van der Waals surface area contributed by atoms with Crippen molar-refractivity contribution < 1.29 is 9.53 Å². The first kappa shape index (κ1) is 17.9. The molecule has 2 heteroatoms. The average Bonchev–Trinajstić information content (AvgIpc) is 2.80. The van der Waals surface area contributed by atoms with Crippen molar-refractivity contribution in [1.82, 2.24) is 0 Å². The first-order chi connectivity index (χ1) is 14.3. The summed E-state index contributed by atoms with van der Waals surface area (Å²) in [5.41, 5.74) is 3.70. The maximum atomic E-state index is 13.6. The first-order valence-electron chi connectivity index (χ1n) is 10.4. The highest BCUT2D eigenvalue weighted by Crippen LogP contribution is 2.52. The van der Waals surface area contributed by atoms with Crippen molar-refractivity contribution in [3.05, 3.63) is 107 Å². The SMILES string of the molecule is O=C1CCCC[C@]1(c1ccccc1)[C@H]1OC(c2ccccc2)=Cc2ccccc21. The van der Waals surface area contributed by atoms with Crippen molar-refractivity contribution in [2.75, 3.05) is 0 Å². The van der Waals surface area contributed by atoms with Crippen molar-refractivity contribution in [3.63, 3.8) is 0 Å². The molecule has 0 unspecified atom stereocenters. The van der Waals surface area contributed by atoms with E-state index in [-0.39, 0.29) is 6.10 Å². The third-order valence-electron chi connectivity index (χ3n) is 6.33. The Balaban J connectivity index is 1.70. The monoisotopic (exact) mass is 380 g/mol. The maximum Gasteiger partial charge on any atom is 0.147 e. The average molecular weight is 380 g/mol. The van der Waals surface area contributed by atoms with E-state index in [1.54, 1.807) is 0 Å². The standard InChI is InChI=1S/C27H24O2/c28-25-17-9-10-18-27(25,22-14-5-2-6-15-22)26-23-16-8-7-13-21(23)19-24(29-26)20-11-3-1-4-12-20/h1-8,11-16,19,26H,9-10,17-18H2/t26-,27+/m0/s1. The number of hydrogen-bond acceptors (Lipinski definition) is 2. The molecule has 1 fully saturated rings. The summed E-state index contributed by atoms with van der Waals surface area (Å²) in [6, 6.07) is 28.8. The summed E-state index contributed by atoms with van der Waals surface area (Å²) in [6.45, 7) is 0. The summed E-state index contributed by atoms with van der Waals surface area (Å²) < 4.78 is 6.71. The summed E-state index contributed by atoms with van der Waals surface area (Å²) in [7, 11) is 0. The van der Waals surface area contributed by atoms with E-state index >= 15 is 0 Å². The van der Waals surface area contributed by atoms with E-state index in [1.807, 2.05) is 42.5 Å².